The van der Waals surface area contributed by atoms with E-state index in [1.807, 2.05) is 0 Å². The summed E-state index contributed by atoms with van der Waals surface area (Å²) in [5.74, 6) is 0. The van der Waals surface area contributed by atoms with Crippen molar-refractivity contribution in [2.24, 2.45) is 0 Å². The van der Waals surface area contributed by atoms with Crippen LogP contribution in [-0.2, 0) is 38.8 Å². The molecule has 0 amide bonds. The summed E-state index contributed by atoms with van der Waals surface area (Å²) in [6, 6.07) is 0. The van der Waals surface area contributed by atoms with Crippen molar-refractivity contribution in [3.05, 3.63) is 0 Å². The quantitative estimate of drug-likeness (QED) is 0.249. The maximum absolute atomic E-state index is 8.56. The first-order valence-corrected chi connectivity index (χ1v) is 3.10. The van der Waals surface area contributed by atoms with Crippen molar-refractivity contribution < 1.29 is 25.9 Å². The molecule has 0 aliphatic heterocycles. The van der Waals surface area contributed by atoms with Crippen molar-refractivity contribution in [3.63, 3.8) is 0 Å². The first kappa shape index (κ1) is 16.4. The third-order valence-corrected chi connectivity index (χ3v) is 0. The second-order valence-electron chi connectivity index (χ2n) is 0.434. The van der Waals surface area contributed by atoms with Gasteiger partial charge in [-0.05, 0) is 0 Å². The zero-order chi connectivity index (χ0) is 7.15. The minimum atomic E-state index is -2.86. The second kappa shape index (κ2) is 11.5. The molecule has 0 unspecified atom stereocenters. The monoisotopic (exact) mass is 370 g/mol. The molecule has 0 spiro atoms. The fourth-order valence-corrected chi connectivity index (χ4v) is 0. The Labute approximate surface area is 75.0 Å². The molecule has 0 heterocycles. The molecule has 9 heteroatoms. The molecule has 54 valence electrons. The summed E-state index contributed by atoms with van der Waals surface area (Å²) in [5, 5.41) is 0. The van der Waals surface area contributed by atoms with Crippen LogP contribution in [0.3, 0.4) is 0 Å². The van der Waals surface area contributed by atoms with Gasteiger partial charge in [0.15, 0.2) is 0 Å². The van der Waals surface area contributed by atoms with Gasteiger partial charge < -0.3 is 25.9 Å². The maximum Gasteiger partial charge on any atom is 2.00 e. The van der Waals surface area contributed by atoms with E-state index >= 15 is 0 Å². The van der Waals surface area contributed by atoms with E-state index in [0.717, 1.165) is 0 Å². The molecule has 9 heavy (non-hydrogen) atoms. The Hall–Kier alpha value is 0.742. The van der Waals surface area contributed by atoms with Crippen LogP contribution in [0.4, 0.5) is 0 Å². The third kappa shape index (κ3) is 722. The van der Waals surface area contributed by atoms with Gasteiger partial charge in [-0.1, -0.05) is 0 Å². The predicted octanol–water partition coefficient (Wildman–Crippen LogP) is -0.843. The van der Waals surface area contributed by atoms with Crippen molar-refractivity contribution in [2.75, 3.05) is 0 Å². The topological polar surface area (TPSA) is 109 Å². The zero-order valence-corrected chi connectivity index (χ0v) is 9.36. The first-order chi connectivity index (χ1) is 3.46. The van der Waals surface area contributed by atoms with Crippen molar-refractivity contribution in [2.45, 2.75) is 0 Å². The van der Waals surface area contributed by atoms with E-state index < -0.39 is 22.0 Å². The van der Waals surface area contributed by atoms with Gasteiger partial charge in [0.1, 0.15) is 0 Å². The van der Waals surface area contributed by atoms with Crippen LogP contribution in [0.25, 0.3) is 0 Å². The molecule has 0 aromatic rings. The Bertz CT molecular complexity index is 128. The molecular formula is H2O6PbS2. The number of hydrogen-bond donors (Lipinski definition) is 2. The van der Waals surface area contributed by atoms with E-state index in [-0.39, 0.29) is 27.3 Å². The SMILES string of the molecule is O=[S-](=O)O.O=[S-](=O)O.[Pb+2]. The maximum atomic E-state index is 8.56. The molecule has 0 aromatic heterocycles. The largest absolute Gasteiger partial charge is 2.00 e. The van der Waals surface area contributed by atoms with E-state index in [4.69, 9.17) is 25.9 Å². The zero-order valence-electron chi connectivity index (χ0n) is 3.84. The van der Waals surface area contributed by atoms with Crippen LogP contribution in [0, 0.1) is 0 Å². The van der Waals surface area contributed by atoms with Crippen molar-refractivity contribution in [1.29, 1.82) is 0 Å². The molecule has 2 radical (unpaired) electrons. The molecule has 0 aliphatic carbocycles. The molecular weight excluding hydrogens is 367 g/mol. The Balaban J connectivity index is -0.0000000720. The van der Waals surface area contributed by atoms with E-state index in [1.165, 1.54) is 0 Å². The van der Waals surface area contributed by atoms with Crippen LogP contribution in [0.1, 0.15) is 0 Å². The summed E-state index contributed by atoms with van der Waals surface area (Å²) in [6.45, 7) is 0. The molecule has 0 bridgehead atoms. The number of rotatable bonds is 0. The minimum Gasteiger partial charge on any atom is -0.439 e. The summed E-state index contributed by atoms with van der Waals surface area (Å²) in [6.07, 6.45) is 0. The third-order valence-electron chi connectivity index (χ3n) is 0. The van der Waals surface area contributed by atoms with Crippen molar-refractivity contribution in [1.82, 2.24) is 0 Å². The van der Waals surface area contributed by atoms with Crippen LogP contribution in [0.5, 0.6) is 0 Å². The van der Waals surface area contributed by atoms with Crippen molar-refractivity contribution >= 4 is 49.3 Å². The summed E-state index contributed by atoms with van der Waals surface area (Å²) in [7, 11) is -5.72. The Morgan fingerprint density at radius 3 is 0.778 bits per heavy atom. The minimum absolute atomic E-state index is 0. The van der Waals surface area contributed by atoms with Gasteiger partial charge in [0, 0.05) is 22.0 Å². The first-order valence-electron chi connectivity index (χ1n) is 1.03. The van der Waals surface area contributed by atoms with E-state index in [2.05, 4.69) is 0 Å². The second-order valence-corrected chi connectivity index (χ2v) is 1.30. The van der Waals surface area contributed by atoms with Crippen LogP contribution in [0.2, 0.25) is 0 Å². The van der Waals surface area contributed by atoms with E-state index in [0.29, 0.717) is 0 Å². The van der Waals surface area contributed by atoms with Gasteiger partial charge >= 0.3 is 27.3 Å². The summed E-state index contributed by atoms with van der Waals surface area (Å²) < 4.78 is 48.2. The molecule has 0 fully saturated rings. The van der Waals surface area contributed by atoms with Gasteiger partial charge in [-0.2, -0.15) is 0 Å². The fraction of sp³-hybridized carbons (Fsp3) is 0. The van der Waals surface area contributed by atoms with Gasteiger partial charge in [0.05, 0.1) is 0 Å². The smallest absolute Gasteiger partial charge is 0.439 e. The Kier molecular flexibility index (Phi) is 21.0. The Morgan fingerprint density at radius 1 is 0.778 bits per heavy atom. The molecule has 0 aliphatic rings. The summed E-state index contributed by atoms with van der Waals surface area (Å²) in [5.41, 5.74) is 0. The average molecular weight is 369 g/mol. The summed E-state index contributed by atoms with van der Waals surface area (Å²) in [4.78, 5) is 0. The van der Waals surface area contributed by atoms with Crippen LogP contribution in [0.15, 0.2) is 0 Å². The van der Waals surface area contributed by atoms with Crippen LogP contribution >= 0.6 is 0 Å². The van der Waals surface area contributed by atoms with Crippen LogP contribution in [-0.4, -0.2) is 36.4 Å². The normalized spacial score (nSPS) is 7.56. The molecule has 0 rings (SSSR count). The van der Waals surface area contributed by atoms with Gasteiger partial charge in [0.2, 0.25) is 0 Å². The molecule has 0 saturated heterocycles. The molecule has 0 saturated carbocycles. The van der Waals surface area contributed by atoms with E-state index in [1.54, 1.807) is 0 Å². The van der Waals surface area contributed by atoms with Crippen LogP contribution < -0.4 is 0 Å². The van der Waals surface area contributed by atoms with Gasteiger partial charge in [-0.15, -0.1) is 0 Å². The van der Waals surface area contributed by atoms with Gasteiger partial charge in [0.25, 0.3) is 0 Å². The molecule has 6 nitrogen and oxygen atoms in total. The predicted molar refractivity (Wildman–Crippen MR) is 28.5 cm³/mol. The average Bonchev–Trinajstić information content (AvgIpc) is 1.25. The Morgan fingerprint density at radius 2 is 0.778 bits per heavy atom. The standard InChI is InChI=1S/2HO3S.Pb/c2*1-4(2)3;/h2*(H,1,2,3);/q2*-1;+2. The number of hydrogen-bond acceptors (Lipinski definition) is 6. The van der Waals surface area contributed by atoms with Gasteiger partial charge in [-0.25, -0.2) is 0 Å². The van der Waals surface area contributed by atoms with E-state index in [9.17, 15) is 0 Å². The van der Waals surface area contributed by atoms with Crippen molar-refractivity contribution in [3.8, 4) is 0 Å². The molecule has 0 atom stereocenters. The molecule has 0 aromatic carbocycles. The summed E-state index contributed by atoms with van der Waals surface area (Å²) >= 11 is 0. The fourth-order valence-electron chi connectivity index (χ4n) is 0. The van der Waals surface area contributed by atoms with Gasteiger partial charge in [-0.3, -0.25) is 0 Å². The molecule has 2 N–H and O–H groups in total.